The zero-order chi connectivity index (χ0) is 10.3. The van der Waals surface area contributed by atoms with Crippen LogP contribution in [0.4, 0.5) is 0 Å². The van der Waals surface area contributed by atoms with Crippen LogP contribution in [0, 0.1) is 5.92 Å². The van der Waals surface area contributed by atoms with Gasteiger partial charge in [-0.2, -0.15) is 0 Å². The van der Waals surface area contributed by atoms with Crippen LogP contribution < -0.4 is 5.32 Å². The summed E-state index contributed by atoms with van der Waals surface area (Å²) in [4.78, 5) is 16.1. The predicted octanol–water partition coefficient (Wildman–Crippen LogP) is 1.60. The van der Waals surface area contributed by atoms with E-state index >= 15 is 0 Å². The van der Waals surface area contributed by atoms with Gasteiger partial charge < -0.3 is 5.32 Å². The lowest BCUT2D eigenvalue weighted by Crippen LogP contribution is -2.57. The topological polar surface area (TPSA) is 42.0 Å². The number of piperidine rings is 2. The standard InChI is InChI=1S/C12H14N2O/c15-11-9-4-6-12(14-11,7-5-9)10-3-1-2-8-13-10/h1-3,8-9H,4-7H2,(H,14,15). The number of amides is 1. The molecular formula is C12H14N2O. The van der Waals surface area contributed by atoms with Gasteiger partial charge in [0.15, 0.2) is 0 Å². The molecule has 0 aromatic carbocycles. The summed E-state index contributed by atoms with van der Waals surface area (Å²) in [6.07, 6.45) is 5.92. The van der Waals surface area contributed by atoms with Crippen LogP contribution in [-0.2, 0) is 10.3 Å². The van der Waals surface area contributed by atoms with Gasteiger partial charge in [0.1, 0.15) is 0 Å². The lowest BCUT2D eigenvalue weighted by Gasteiger charge is -2.46. The first kappa shape index (κ1) is 8.89. The molecule has 0 radical (unpaired) electrons. The SMILES string of the molecule is O=C1NC2(c3ccccn3)CCC1CC2. The summed E-state index contributed by atoms with van der Waals surface area (Å²) in [5.41, 5.74) is 0.865. The Hall–Kier alpha value is -1.38. The highest BCUT2D eigenvalue weighted by molar-refractivity contribution is 5.81. The van der Waals surface area contributed by atoms with Gasteiger partial charge in [0.25, 0.3) is 0 Å². The Bertz CT molecular complexity index is 380. The summed E-state index contributed by atoms with van der Waals surface area (Å²) < 4.78 is 0. The second-order valence-corrected chi connectivity index (χ2v) is 4.56. The lowest BCUT2D eigenvalue weighted by atomic mass is 9.70. The van der Waals surface area contributed by atoms with Crippen LogP contribution in [0.25, 0.3) is 0 Å². The van der Waals surface area contributed by atoms with Gasteiger partial charge >= 0.3 is 0 Å². The molecule has 1 aliphatic carbocycles. The quantitative estimate of drug-likeness (QED) is 0.751. The molecular weight excluding hydrogens is 188 g/mol. The molecule has 4 rings (SSSR count). The van der Waals surface area contributed by atoms with Crippen molar-refractivity contribution >= 4 is 5.91 Å². The Kier molecular flexibility index (Phi) is 1.81. The van der Waals surface area contributed by atoms with Gasteiger partial charge in [0.05, 0.1) is 11.2 Å². The Balaban J connectivity index is 2.00. The number of hydrogen-bond donors (Lipinski definition) is 1. The maximum Gasteiger partial charge on any atom is 0.223 e. The molecule has 3 aliphatic rings. The number of fused-ring (bicyclic) bond motifs is 3. The number of hydrogen-bond acceptors (Lipinski definition) is 2. The smallest absolute Gasteiger partial charge is 0.223 e. The molecule has 1 aromatic rings. The van der Waals surface area contributed by atoms with E-state index in [2.05, 4.69) is 10.3 Å². The summed E-state index contributed by atoms with van der Waals surface area (Å²) in [6.45, 7) is 0. The number of aromatic nitrogens is 1. The molecule has 78 valence electrons. The minimum Gasteiger partial charge on any atom is -0.345 e. The highest BCUT2D eigenvalue weighted by Crippen LogP contribution is 2.43. The Morgan fingerprint density at radius 1 is 1.33 bits per heavy atom. The monoisotopic (exact) mass is 202 g/mol. The van der Waals surface area contributed by atoms with Gasteiger partial charge in [0.2, 0.25) is 5.91 Å². The van der Waals surface area contributed by atoms with Crippen LogP contribution in [0.1, 0.15) is 31.4 Å². The molecule has 3 fully saturated rings. The normalized spacial score (nSPS) is 33.9. The molecule has 3 nitrogen and oxygen atoms in total. The fraction of sp³-hybridized carbons (Fsp3) is 0.500. The minimum absolute atomic E-state index is 0.160. The van der Waals surface area contributed by atoms with Crippen molar-refractivity contribution in [3.05, 3.63) is 30.1 Å². The molecule has 15 heavy (non-hydrogen) atoms. The number of pyridine rings is 1. The third kappa shape index (κ3) is 1.26. The van der Waals surface area contributed by atoms with Gasteiger partial charge in [-0.05, 0) is 37.8 Å². The van der Waals surface area contributed by atoms with E-state index in [0.717, 1.165) is 31.4 Å². The van der Waals surface area contributed by atoms with Gasteiger partial charge in [-0.25, -0.2) is 0 Å². The molecule has 2 bridgehead atoms. The summed E-state index contributed by atoms with van der Waals surface area (Å²) in [6, 6.07) is 5.92. The highest BCUT2D eigenvalue weighted by Gasteiger charge is 2.46. The molecule has 1 saturated carbocycles. The van der Waals surface area contributed by atoms with Crippen molar-refractivity contribution in [2.45, 2.75) is 31.2 Å². The van der Waals surface area contributed by atoms with Crippen LogP contribution in [0.5, 0.6) is 0 Å². The Morgan fingerprint density at radius 3 is 2.73 bits per heavy atom. The van der Waals surface area contributed by atoms with Crippen LogP contribution in [-0.4, -0.2) is 10.9 Å². The third-order valence-electron chi connectivity index (χ3n) is 3.73. The van der Waals surface area contributed by atoms with E-state index < -0.39 is 0 Å². The molecule has 0 atom stereocenters. The fourth-order valence-corrected chi connectivity index (χ4v) is 2.80. The largest absolute Gasteiger partial charge is 0.345 e. The van der Waals surface area contributed by atoms with E-state index in [1.807, 2.05) is 18.2 Å². The van der Waals surface area contributed by atoms with E-state index in [0.29, 0.717) is 0 Å². The van der Waals surface area contributed by atoms with Crippen LogP contribution in [0.2, 0.25) is 0 Å². The fourth-order valence-electron chi connectivity index (χ4n) is 2.80. The molecule has 3 heteroatoms. The van der Waals surface area contributed by atoms with Gasteiger partial charge in [-0.15, -0.1) is 0 Å². The number of carbonyl (C=O) groups excluding carboxylic acids is 1. The van der Waals surface area contributed by atoms with E-state index in [1.54, 1.807) is 6.20 Å². The first-order valence-corrected chi connectivity index (χ1v) is 5.54. The predicted molar refractivity (Wildman–Crippen MR) is 56.0 cm³/mol. The van der Waals surface area contributed by atoms with Crippen molar-refractivity contribution in [2.24, 2.45) is 5.92 Å². The van der Waals surface area contributed by atoms with Crippen molar-refractivity contribution in [1.82, 2.24) is 10.3 Å². The van der Waals surface area contributed by atoms with Crippen LogP contribution >= 0.6 is 0 Å². The van der Waals surface area contributed by atoms with Crippen molar-refractivity contribution in [1.29, 1.82) is 0 Å². The lowest BCUT2D eigenvalue weighted by molar-refractivity contribution is -0.134. The second-order valence-electron chi connectivity index (χ2n) is 4.56. The summed E-state index contributed by atoms with van der Waals surface area (Å²) in [5.74, 6) is 0.480. The van der Waals surface area contributed by atoms with Gasteiger partial charge in [-0.1, -0.05) is 6.07 Å². The molecule has 1 aromatic heterocycles. The van der Waals surface area contributed by atoms with Crippen molar-refractivity contribution in [3.63, 3.8) is 0 Å². The van der Waals surface area contributed by atoms with Crippen LogP contribution in [0.15, 0.2) is 24.4 Å². The number of nitrogens with one attached hydrogen (secondary N) is 1. The zero-order valence-electron chi connectivity index (χ0n) is 8.57. The van der Waals surface area contributed by atoms with Gasteiger partial charge in [0, 0.05) is 12.1 Å². The van der Waals surface area contributed by atoms with Crippen molar-refractivity contribution < 1.29 is 4.79 Å². The maximum atomic E-state index is 11.7. The molecule has 1 amide bonds. The molecule has 0 spiro atoms. The minimum atomic E-state index is -0.160. The first-order chi connectivity index (χ1) is 7.30. The summed E-state index contributed by atoms with van der Waals surface area (Å²) >= 11 is 0. The molecule has 0 unspecified atom stereocenters. The molecule has 3 heterocycles. The summed E-state index contributed by atoms with van der Waals surface area (Å²) in [5, 5.41) is 3.14. The Morgan fingerprint density at radius 2 is 2.13 bits per heavy atom. The molecule has 2 saturated heterocycles. The van der Waals surface area contributed by atoms with E-state index in [4.69, 9.17) is 0 Å². The van der Waals surface area contributed by atoms with E-state index in [-0.39, 0.29) is 17.4 Å². The van der Waals surface area contributed by atoms with Crippen LogP contribution in [0.3, 0.4) is 0 Å². The average molecular weight is 202 g/mol. The number of rotatable bonds is 1. The zero-order valence-corrected chi connectivity index (χ0v) is 8.57. The Labute approximate surface area is 88.9 Å². The molecule has 2 aliphatic heterocycles. The van der Waals surface area contributed by atoms with Gasteiger partial charge in [-0.3, -0.25) is 9.78 Å². The number of nitrogens with zero attached hydrogens (tertiary/aromatic N) is 1. The average Bonchev–Trinajstić information content (AvgIpc) is 2.31. The third-order valence-corrected chi connectivity index (χ3v) is 3.73. The highest BCUT2D eigenvalue weighted by atomic mass is 16.2. The number of carbonyl (C=O) groups is 1. The second kappa shape index (κ2) is 3.05. The van der Waals surface area contributed by atoms with E-state index in [1.165, 1.54) is 0 Å². The van der Waals surface area contributed by atoms with Crippen molar-refractivity contribution in [3.8, 4) is 0 Å². The van der Waals surface area contributed by atoms with E-state index in [9.17, 15) is 4.79 Å². The van der Waals surface area contributed by atoms with Crippen molar-refractivity contribution in [2.75, 3.05) is 0 Å². The molecule has 1 N–H and O–H groups in total. The maximum absolute atomic E-state index is 11.7. The first-order valence-electron chi connectivity index (χ1n) is 5.54. The summed E-state index contributed by atoms with van der Waals surface area (Å²) in [7, 11) is 0.